The number of aromatic hydroxyl groups is 2. The molecular formula is C25H25NO3. The highest BCUT2D eigenvalue weighted by molar-refractivity contribution is 5.92. The fourth-order valence-electron chi connectivity index (χ4n) is 3.81. The van der Waals surface area contributed by atoms with Crippen molar-refractivity contribution in [1.82, 2.24) is 4.57 Å². The van der Waals surface area contributed by atoms with Crippen LogP contribution in [0.2, 0.25) is 0 Å². The van der Waals surface area contributed by atoms with Gasteiger partial charge in [-0.1, -0.05) is 18.2 Å². The molecule has 1 aromatic heterocycles. The number of nitrogens with zero attached hydrogens (tertiary/aromatic N) is 1. The largest absolute Gasteiger partial charge is 0.508 e. The van der Waals surface area contributed by atoms with E-state index in [9.17, 15) is 10.2 Å². The van der Waals surface area contributed by atoms with Gasteiger partial charge in [-0.25, -0.2) is 0 Å². The zero-order valence-electron chi connectivity index (χ0n) is 16.5. The van der Waals surface area contributed by atoms with E-state index in [1.165, 1.54) is 0 Å². The molecule has 29 heavy (non-hydrogen) atoms. The van der Waals surface area contributed by atoms with Crippen LogP contribution in [0.4, 0.5) is 0 Å². The fraction of sp³-hybridized carbons (Fsp3) is 0.200. The minimum atomic E-state index is 0.254. The van der Waals surface area contributed by atoms with E-state index in [-0.39, 0.29) is 11.5 Å². The summed E-state index contributed by atoms with van der Waals surface area (Å²) < 4.78 is 8.11. The Morgan fingerprint density at radius 3 is 2.31 bits per heavy atom. The summed E-state index contributed by atoms with van der Waals surface area (Å²) in [5.74, 6) is 1.42. The van der Waals surface area contributed by atoms with Gasteiger partial charge in [0, 0.05) is 17.4 Å². The SMILES string of the molecule is Cc1c(-c2ccc(O)cc2)n(CCCCOc2ccccc2)c2ccc(O)cc12. The zero-order chi connectivity index (χ0) is 20.2. The molecule has 4 heteroatoms. The van der Waals surface area contributed by atoms with Crippen LogP contribution in [0.3, 0.4) is 0 Å². The molecule has 0 amide bonds. The average molecular weight is 387 g/mol. The Kier molecular flexibility index (Phi) is 5.43. The molecule has 4 aromatic rings. The van der Waals surface area contributed by atoms with Gasteiger partial charge in [-0.3, -0.25) is 0 Å². The number of unbranched alkanes of at least 4 members (excludes halogenated alkanes) is 1. The third kappa shape index (κ3) is 4.06. The topological polar surface area (TPSA) is 54.6 Å². The molecule has 0 saturated carbocycles. The van der Waals surface area contributed by atoms with Crippen molar-refractivity contribution < 1.29 is 14.9 Å². The second-order valence-corrected chi connectivity index (χ2v) is 7.24. The van der Waals surface area contributed by atoms with Gasteiger partial charge in [0.05, 0.1) is 12.3 Å². The minimum absolute atomic E-state index is 0.254. The molecule has 0 aliphatic rings. The Labute approximate surface area is 170 Å². The minimum Gasteiger partial charge on any atom is -0.508 e. The second-order valence-electron chi connectivity index (χ2n) is 7.24. The highest BCUT2D eigenvalue weighted by Crippen LogP contribution is 2.35. The number of benzene rings is 3. The van der Waals surface area contributed by atoms with Crippen LogP contribution in [0, 0.1) is 6.92 Å². The van der Waals surface area contributed by atoms with Crippen molar-refractivity contribution in [3.63, 3.8) is 0 Å². The van der Waals surface area contributed by atoms with Crippen LogP contribution in [0.5, 0.6) is 17.2 Å². The standard InChI is InChI=1S/C25H25NO3/c1-18-23-17-21(28)13-14-24(23)26(25(18)19-9-11-20(27)12-10-19)15-5-6-16-29-22-7-3-2-4-8-22/h2-4,7-14,17,27-28H,5-6,15-16H2,1H3. The lowest BCUT2D eigenvalue weighted by molar-refractivity contribution is 0.303. The number of para-hydroxylation sites is 1. The maximum absolute atomic E-state index is 9.96. The van der Waals surface area contributed by atoms with Gasteiger partial charge < -0.3 is 19.5 Å². The zero-order valence-corrected chi connectivity index (χ0v) is 16.5. The summed E-state index contributed by atoms with van der Waals surface area (Å²) in [4.78, 5) is 0. The van der Waals surface area contributed by atoms with Gasteiger partial charge in [-0.05, 0) is 85.5 Å². The first-order chi connectivity index (χ1) is 14.1. The van der Waals surface area contributed by atoms with E-state index in [0.29, 0.717) is 6.61 Å². The van der Waals surface area contributed by atoms with Crippen molar-refractivity contribution in [1.29, 1.82) is 0 Å². The van der Waals surface area contributed by atoms with Crippen LogP contribution in [0.25, 0.3) is 22.2 Å². The third-order valence-corrected chi connectivity index (χ3v) is 5.23. The van der Waals surface area contributed by atoms with Gasteiger partial charge in [0.1, 0.15) is 17.2 Å². The van der Waals surface area contributed by atoms with E-state index in [1.807, 2.05) is 54.6 Å². The van der Waals surface area contributed by atoms with Gasteiger partial charge in [-0.2, -0.15) is 0 Å². The van der Waals surface area contributed by atoms with Gasteiger partial charge in [-0.15, -0.1) is 0 Å². The molecule has 0 saturated heterocycles. The van der Waals surface area contributed by atoms with E-state index in [0.717, 1.165) is 52.9 Å². The number of rotatable bonds is 7. The Morgan fingerprint density at radius 1 is 0.828 bits per heavy atom. The fourth-order valence-corrected chi connectivity index (χ4v) is 3.81. The smallest absolute Gasteiger partial charge is 0.119 e. The van der Waals surface area contributed by atoms with Crippen molar-refractivity contribution in [3.8, 4) is 28.5 Å². The highest BCUT2D eigenvalue weighted by atomic mass is 16.5. The molecule has 0 fully saturated rings. The second kappa shape index (κ2) is 8.31. The van der Waals surface area contributed by atoms with Gasteiger partial charge in [0.25, 0.3) is 0 Å². The maximum Gasteiger partial charge on any atom is 0.119 e. The van der Waals surface area contributed by atoms with Crippen LogP contribution in [-0.4, -0.2) is 21.4 Å². The molecular weight excluding hydrogens is 362 g/mol. The molecule has 3 aromatic carbocycles. The molecule has 0 spiro atoms. The maximum atomic E-state index is 9.96. The summed E-state index contributed by atoms with van der Waals surface area (Å²) >= 11 is 0. The Bertz CT molecular complexity index is 1100. The number of phenolic OH excluding ortho intramolecular Hbond substituents is 2. The third-order valence-electron chi connectivity index (χ3n) is 5.23. The van der Waals surface area contributed by atoms with E-state index in [2.05, 4.69) is 11.5 Å². The quantitative estimate of drug-likeness (QED) is 0.389. The van der Waals surface area contributed by atoms with Gasteiger partial charge >= 0.3 is 0 Å². The molecule has 0 unspecified atom stereocenters. The predicted octanol–water partition coefficient (Wildman–Crippen LogP) is 5.89. The van der Waals surface area contributed by atoms with E-state index in [1.54, 1.807) is 18.2 Å². The Balaban J connectivity index is 1.57. The summed E-state index contributed by atoms with van der Waals surface area (Å²) in [6.45, 7) is 3.61. The van der Waals surface area contributed by atoms with Crippen molar-refractivity contribution in [2.45, 2.75) is 26.3 Å². The van der Waals surface area contributed by atoms with Gasteiger partial charge in [0.15, 0.2) is 0 Å². The molecule has 0 radical (unpaired) electrons. The van der Waals surface area contributed by atoms with Crippen LogP contribution in [-0.2, 0) is 6.54 Å². The predicted molar refractivity (Wildman–Crippen MR) is 117 cm³/mol. The van der Waals surface area contributed by atoms with E-state index in [4.69, 9.17) is 4.74 Å². The summed E-state index contributed by atoms with van der Waals surface area (Å²) in [6.07, 6.45) is 1.92. The molecule has 0 bridgehead atoms. The van der Waals surface area contributed by atoms with Crippen LogP contribution in [0.1, 0.15) is 18.4 Å². The molecule has 0 atom stereocenters. The number of fused-ring (bicyclic) bond motifs is 1. The summed E-state index contributed by atoms with van der Waals surface area (Å²) in [7, 11) is 0. The van der Waals surface area contributed by atoms with Crippen LogP contribution < -0.4 is 4.74 Å². The first kappa shape index (κ1) is 18.9. The molecule has 0 aliphatic heterocycles. The molecule has 4 nitrogen and oxygen atoms in total. The number of phenols is 2. The highest BCUT2D eigenvalue weighted by Gasteiger charge is 2.16. The monoisotopic (exact) mass is 387 g/mol. The summed E-state index contributed by atoms with van der Waals surface area (Å²) in [5.41, 5.74) is 4.40. The number of hydrogen-bond acceptors (Lipinski definition) is 3. The van der Waals surface area contributed by atoms with Crippen molar-refractivity contribution >= 4 is 10.9 Å². The van der Waals surface area contributed by atoms with Crippen molar-refractivity contribution in [3.05, 3.63) is 78.4 Å². The normalized spacial score (nSPS) is 11.1. The lowest BCUT2D eigenvalue weighted by Gasteiger charge is -2.13. The molecule has 1 heterocycles. The summed E-state index contributed by atoms with van der Waals surface area (Å²) in [5, 5.41) is 20.7. The van der Waals surface area contributed by atoms with Gasteiger partial charge in [0.2, 0.25) is 0 Å². The Hall–Kier alpha value is -3.40. The van der Waals surface area contributed by atoms with Crippen LogP contribution >= 0.6 is 0 Å². The van der Waals surface area contributed by atoms with Crippen LogP contribution in [0.15, 0.2) is 72.8 Å². The lowest BCUT2D eigenvalue weighted by Crippen LogP contribution is -2.04. The number of aromatic nitrogens is 1. The van der Waals surface area contributed by atoms with Crippen molar-refractivity contribution in [2.75, 3.05) is 6.61 Å². The number of hydrogen-bond donors (Lipinski definition) is 2. The molecule has 148 valence electrons. The number of aryl methyl sites for hydroxylation is 2. The first-order valence-corrected chi connectivity index (χ1v) is 9.92. The number of ether oxygens (including phenoxy) is 1. The average Bonchev–Trinajstić information content (AvgIpc) is 3.00. The van der Waals surface area contributed by atoms with Crippen molar-refractivity contribution in [2.24, 2.45) is 0 Å². The molecule has 4 rings (SSSR count). The van der Waals surface area contributed by atoms with E-state index >= 15 is 0 Å². The first-order valence-electron chi connectivity index (χ1n) is 9.92. The molecule has 2 N–H and O–H groups in total. The van der Waals surface area contributed by atoms with E-state index < -0.39 is 0 Å². The Morgan fingerprint density at radius 2 is 1.55 bits per heavy atom. The lowest BCUT2D eigenvalue weighted by atomic mass is 10.1. The molecule has 0 aliphatic carbocycles. The summed E-state index contributed by atoms with van der Waals surface area (Å²) in [6, 6.07) is 22.7.